The molecule has 0 spiro atoms. The molecule has 0 saturated heterocycles. The van der Waals surface area contributed by atoms with Gasteiger partial charge >= 0.3 is 0 Å². The van der Waals surface area contributed by atoms with Gasteiger partial charge in [0.2, 0.25) is 0 Å². The van der Waals surface area contributed by atoms with E-state index in [2.05, 4.69) is 71.5 Å². The van der Waals surface area contributed by atoms with E-state index >= 15 is 0 Å². The lowest BCUT2D eigenvalue weighted by molar-refractivity contribution is 0.183. The van der Waals surface area contributed by atoms with E-state index in [0.717, 1.165) is 40.4 Å². The number of rotatable bonds is 3. The molecule has 2 aromatic rings. The molecule has 26 heavy (non-hydrogen) atoms. The first-order valence-electron chi connectivity index (χ1n) is 9.39. The van der Waals surface area contributed by atoms with E-state index in [9.17, 15) is 0 Å². The fourth-order valence-electron chi connectivity index (χ4n) is 3.64. The fourth-order valence-corrected chi connectivity index (χ4v) is 5.58. The Bertz CT molecular complexity index is 873. The van der Waals surface area contributed by atoms with Crippen LogP contribution in [0.5, 0.6) is 0 Å². The number of halogens is 1. The molecule has 1 aliphatic carbocycles. The van der Waals surface area contributed by atoms with Crippen LogP contribution >= 0.6 is 15.9 Å². The van der Waals surface area contributed by atoms with E-state index in [-0.39, 0.29) is 5.04 Å². The standard InChI is InChI=1S/C21H29BrN2OSi/c1-14-10-20-17(12-19(14)23-5)18(22)13-24(20)15-8-9-16(11-15)25-26(6,7)21(2,3)4/h10,12-13,15-16H,8-9,11H2,1-4,6-7H3/t15-,16+/m1/s1. The maximum absolute atomic E-state index is 7.35. The van der Waals surface area contributed by atoms with Gasteiger partial charge in [0.25, 0.3) is 0 Å². The number of hydrogen-bond donors (Lipinski definition) is 0. The molecule has 1 aromatic carbocycles. The van der Waals surface area contributed by atoms with Crippen LogP contribution in [0.3, 0.4) is 0 Å². The van der Waals surface area contributed by atoms with Crippen LogP contribution in [0.25, 0.3) is 15.7 Å². The second-order valence-corrected chi connectivity index (χ2v) is 14.7. The van der Waals surface area contributed by atoms with Gasteiger partial charge in [-0.15, -0.1) is 0 Å². The van der Waals surface area contributed by atoms with Crippen LogP contribution in [0.2, 0.25) is 18.1 Å². The van der Waals surface area contributed by atoms with E-state index < -0.39 is 8.32 Å². The normalized spacial score (nSPS) is 21.3. The summed E-state index contributed by atoms with van der Waals surface area (Å²) in [5.74, 6) is 0. The summed E-state index contributed by atoms with van der Waals surface area (Å²) in [6.07, 6.45) is 5.91. The van der Waals surface area contributed by atoms with Crippen molar-refractivity contribution >= 4 is 40.8 Å². The van der Waals surface area contributed by atoms with E-state index in [1.807, 2.05) is 13.0 Å². The molecule has 0 N–H and O–H groups in total. The first-order chi connectivity index (χ1) is 12.0. The summed E-state index contributed by atoms with van der Waals surface area (Å²) >= 11 is 3.69. The number of aryl methyl sites for hydroxylation is 1. The molecule has 0 amide bonds. The summed E-state index contributed by atoms with van der Waals surface area (Å²) < 4.78 is 10.1. The quantitative estimate of drug-likeness (QED) is 0.365. The molecule has 0 unspecified atom stereocenters. The van der Waals surface area contributed by atoms with Crippen LogP contribution in [0.1, 0.15) is 51.6 Å². The van der Waals surface area contributed by atoms with Crippen LogP contribution < -0.4 is 0 Å². The van der Waals surface area contributed by atoms with Crippen molar-refractivity contribution in [3.05, 3.63) is 39.8 Å². The smallest absolute Gasteiger partial charge is 0.192 e. The second-order valence-electron chi connectivity index (χ2n) is 9.12. The number of hydrogen-bond acceptors (Lipinski definition) is 1. The average Bonchev–Trinajstić information content (AvgIpc) is 3.10. The minimum absolute atomic E-state index is 0.252. The largest absolute Gasteiger partial charge is 0.414 e. The van der Waals surface area contributed by atoms with Crippen molar-refractivity contribution < 1.29 is 4.43 Å². The molecular weight excluding hydrogens is 404 g/mol. The highest BCUT2D eigenvalue weighted by atomic mass is 79.9. The van der Waals surface area contributed by atoms with Crippen molar-refractivity contribution in [2.75, 3.05) is 0 Å². The van der Waals surface area contributed by atoms with Crippen molar-refractivity contribution in [3.63, 3.8) is 0 Å². The third-order valence-corrected chi connectivity index (χ3v) is 11.4. The Kier molecular flexibility index (Phi) is 5.15. The molecular formula is C21H29BrN2OSi. The van der Waals surface area contributed by atoms with Gasteiger partial charge in [-0.05, 0) is 77.9 Å². The molecule has 2 atom stereocenters. The topological polar surface area (TPSA) is 18.5 Å². The van der Waals surface area contributed by atoms with Crippen LogP contribution in [0.4, 0.5) is 5.69 Å². The van der Waals surface area contributed by atoms with Gasteiger partial charge < -0.3 is 8.99 Å². The summed E-state index contributed by atoms with van der Waals surface area (Å²) in [4.78, 5) is 3.65. The predicted octanol–water partition coefficient (Wildman–Crippen LogP) is 7.38. The van der Waals surface area contributed by atoms with Crippen LogP contribution in [-0.4, -0.2) is 19.0 Å². The molecule has 1 fully saturated rings. The zero-order chi connectivity index (χ0) is 19.3. The minimum Gasteiger partial charge on any atom is -0.414 e. The monoisotopic (exact) mass is 432 g/mol. The zero-order valence-electron chi connectivity index (χ0n) is 16.7. The Hall–Kier alpha value is -1.09. The Labute approximate surface area is 166 Å². The minimum atomic E-state index is -1.72. The zero-order valence-corrected chi connectivity index (χ0v) is 19.3. The summed E-state index contributed by atoms with van der Waals surface area (Å²) in [6.45, 7) is 21.0. The van der Waals surface area contributed by atoms with E-state index in [1.54, 1.807) is 0 Å². The molecule has 3 nitrogen and oxygen atoms in total. The maximum atomic E-state index is 7.35. The van der Waals surface area contributed by atoms with Gasteiger partial charge in [0.1, 0.15) is 0 Å². The Morgan fingerprint density at radius 2 is 1.96 bits per heavy atom. The lowest BCUT2D eigenvalue weighted by Gasteiger charge is -2.38. The Balaban J connectivity index is 1.86. The van der Waals surface area contributed by atoms with Gasteiger partial charge in [-0.1, -0.05) is 20.8 Å². The number of nitrogens with zero attached hydrogens (tertiary/aromatic N) is 2. The molecule has 0 bridgehead atoms. The van der Waals surface area contributed by atoms with E-state index in [0.29, 0.717) is 12.1 Å². The van der Waals surface area contributed by atoms with Gasteiger partial charge in [0, 0.05) is 33.7 Å². The molecule has 3 rings (SSSR count). The molecule has 1 heterocycles. The predicted molar refractivity (Wildman–Crippen MR) is 116 cm³/mol. The lowest BCUT2D eigenvalue weighted by Crippen LogP contribution is -2.43. The van der Waals surface area contributed by atoms with Crippen molar-refractivity contribution in [1.29, 1.82) is 0 Å². The van der Waals surface area contributed by atoms with Gasteiger partial charge in [0.05, 0.1) is 6.57 Å². The Morgan fingerprint density at radius 1 is 1.27 bits per heavy atom. The van der Waals surface area contributed by atoms with Crippen molar-refractivity contribution in [2.24, 2.45) is 0 Å². The van der Waals surface area contributed by atoms with Crippen LogP contribution in [0, 0.1) is 13.5 Å². The molecule has 0 aliphatic heterocycles. The highest BCUT2D eigenvalue weighted by molar-refractivity contribution is 9.10. The number of benzene rings is 1. The molecule has 140 valence electrons. The van der Waals surface area contributed by atoms with Crippen LogP contribution in [0.15, 0.2) is 22.8 Å². The summed E-state index contributed by atoms with van der Waals surface area (Å²) in [5, 5.41) is 1.39. The second kappa shape index (κ2) is 6.81. The van der Waals surface area contributed by atoms with E-state index in [4.69, 9.17) is 11.0 Å². The summed E-state index contributed by atoms with van der Waals surface area (Å²) in [6, 6.07) is 4.64. The van der Waals surface area contributed by atoms with Crippen molar-refractivity contribution in [2.45, 2.75) is 77.2 Å². The fraction of sp³-hybridized carbons (Fsp3) is 0.571. The summed E-state index contributed by atoms with van der Waals surface area (Å²) in [5.41, 5.74) is 3.01. The first-order valence-corrected chi connectivity index (χ1v) is 13.1. The summed E-state index contributed by atoms with van der Waals surface area (Å²) in [7, 11) is -1.72. The van der Waals surface area contributed by atoms with Crippen molar-refractivity contribution in [3.8, 4) is 0 Å². The Morgan fingerprint density at radius 3 is 2.58 bits per heavy atom. The average molecular weight is 433 g/mol. The molecule has 5 heteroatoms. The van der Waals surface area contributed by atoms with E-state index in [1.165, 1.54) is 5.52 Å². The highest BCUT2D eigenvalue weighted by Gasteiger charge is 2.41. The van der Waals surface area contributed by atoms with Gasteiger partial charge in [-0.3, -0.25) is 0 Å². The third-order valence-electron chi connectivity index (χ3n) is 6.24. The molecule has 0 radical (unpaired) electrons. The number of aromatic nitrogens is 1. The molecule has 1 aliphatic rings. The van der Waals surface area contributed by atoms with Crippen molar-refractivity contribution in [1.82, 2.24) is 4.57 Å². The van der Waals surface area contributed by atoms with Crippen LogP contribution in [-0.2, 0) is 4.43 Å². The van der Waals surface area contributed by atoms with Gasteiger partial charge in [-0.25, -0.2) is 4.85 Å². The maximum Gasteiger partial charge on any atom is 0.192 e. The molecule has 1 saturated carbocycles. The number of fused-ring (bicyclic) bond motifs is 1. The van der Waals surface area contributed by atoms with Gasteiger partial charge in [0.15, 0.2) is 14.0 Å². The molecule has 1 aromatic heterocycles. The SMILES string of the molecule is [C-]#[N+]c1cc2c(Br)cn([C@@H]3CC[C@H](O[Si](C)(C)C(C)(C)C)C3)c2cc1C. The third kappa shape index (κ3) is 3.52. The lowest BCUT2D eigenvalue weighted by atomic mass is 10.1. The van der Waals surface area contributed by atoms with Gasteiger partial charge in [-0.2, -0.15) is 0 Å². The highest BCUT2D eigenvalue weighted by Crippen LogP contribution is 2.43. The first kappa shape index (κ1) is 19.7.